The van der Waals surface area contributed by atoms with Crippen LogP contribution in [-0.2, 0) is 16.4 Å². The highest BCUT2D eigenvalue weighted by Gasteiger charge is 2.43. The van der Waals surface area contributed by atoms with E-state index in [0.29, 0.717) is 5.13 Å². The molecule has 2 fully saturated rings. The number of aromatic nitrogens is 1. The van der Waals surface area contributed by atoms with Crippen LogP contribution in [0.25, 0.3) is 0 Å². The van der Waals surface area contributed by atoms with E-state index in [-0.39, 0.29) is 15.5 Å². The summed E-state index contributed by atoms with van der Waals surface area (Å²) in [4.78, 5) is 6.68. The number of nitrogens with zero attached hydrogens (tertiary/aromatic N) is 2. The number of anilines is 2. The molecule has 0 bridgehead atoms. The summed E-state index contributed by atoms with van der Waals surface area (Å²) in [6.07, 6.45) is 7.23. The fourth-order valence-corrected chi connectivity index (χ4v) is 6.84. The van der Waals surface area contributed by atoms with Gasteiger partial charge >= 0.3 is 0 Å². The van der Waals surface area contributed by atoms with Gasteiger partial charge in [0.25, 0.3) is 10.0 Å². The summed E-state index contributed by atoms with van der Waals surface area (Å²) in [7, 11) is -3.78. The molecule has 4 rings (SSSR count). The van der Waals surface area contributed by atoms with E-state index >= 15 is 0 Å². The fourth-order valence-electron chi connectivity index (χ4n) is 4.48. The van der Waals surface area contributed by atoms with Crippen LogP contribution in [0.1, 0.15) is 38.2 Å². The minimum Gasteiger partial charge on any atom is -0.383 e. The predicted molar refractivity (Wildman–Crippen MR) is 115 cm³/mol. The zero-order chi connectivity index (χ0) is 19.8. The van der Waals surface area contributed by atoms with Crippen molar-refractivity contribution in [1.82, 2.24) is 9.88 Å². The van der Waals surface area contributed by atoms with Gasteiger partial charge in [0, 0.05) is 29.3 Å². The van der Waals surface area contributed by atoms with Gasteiger partial charge in [-0.05, 0) is 62.9 Å². The average molecular weight is 441 g/mol. The van der Waals surface area contributed by atoms with Crippen LogP contribution in [0, 0.1) is 0 Å². The van der Waals surface area contributed by atoms with Crippen LogP contribution < -0.4 is 10.0 Å². The van der Waals surface area contributed by atoms with E-state index in [0.717, 1.165) is 24.2 Å². The average Bonchev–Trinajstić information content (AvgIpc) is 3.36. The Hall–Kier alpha value is -1.35. The number of fused-ring (bicyclic) bond motifs is 1. The van der Waals surface area contributed by atoms with E-state index in [4.69, 9.17) is 11.6 Å². The van der Waals surface area contributed by atoms with Crippen LogP contribution >= 0.6 is 22.9 Å². The molecule has 2 aromatic rings. The number of thiazole rings is 1. The molecule has 1 aromatic carbocycles. The Morgan fingerprint density at radius 2 is 2.04 bits per heavy atom. The first-order valence-electron chi connectivity index (χ1n) is 9.67. The normalized spacial score (nSPS) is 18.9. The lowest BCUT2D eigenvalue weighted by Crippen LogP contribution is -2.44. The van der Waals surface area contributed by atoms with Crippen molar-refractivity contribution in [2.24, 2.45) is 0 Å². The predicted octanol–water partition coefficient (Wildman–Crippen LogP) is 4.20. The summed E-state index contributed by atoms with van der Waals surface area (Å²) in [5, 5.41) is 5.85. The van der Waals surface area contributed by atoms with E-state index < -0.39 is 10.0 Å². The van der Waals surface area contributed by atoms with Crippen LogP contribution in [0.4, 0.5) is 10.8 Å². The van der Waals surface area contributed by atoms with Gasteiger partial charge in [-0.15, -0.1) is 11.3 Å². The van der Waals surface area contributed by atoms with Crippen molar-refractivity contribution < 1.29 is 8.42 Å². The highest BCUT2D eigenvalue weighted by Crippen LogP contribution is 2.39. The summed E-state index contributed by atoms with van der Waals surface area (Å²) in [6.45, 7) is 5.26. The molecule has 9 heteroatoms. The number of nitrogens with one attached hydrogen (secondary N) is 2. The molecule has 6 nitrogen and oxygen atoms in total. The second kappa shape index (κ2) is 7.82. The fraction of sp³-hybridized carbons (Fsp3) is 0.526. The molecule has 0 radical (unpaired) electrons. The maximum atomic E-state index is 12.8. The molecular formula is C19H25ClN4O2S2. The Balaban J connectivity index is 1.57. The highest BCUT2D eigenvalue weighted by atomic mass is 35.5. The Bertz CT molecular complexity index is 937. The molecule has 0 aliphatic carbocycles. The summed E-state index contributed by atoms with van der Waals surface area (Å²) >= 11 is 7.63. The summed E-state index contributed by atoms with van der Waals surface area (Å²) in [5.74, 6) is 0. The van der Waals surface area contributed by atoms with Crippen molar-refractivity contribution in [1.29, 1.82) is 0 Å². The van der Waals surface area contributed by atoms with Crippen molar-refractivity contribution >= 4 is 43.8 Å². The first-order valence-corrected chi connectivity index (χ1v) is 12.4. The van der Waals surface area contributed by atoms with Crippen LogP contribution in [-0.4, -0.2) is 43.5 Å². The largest absolute Gasteiger partial charge is 0.383 e. The van der Waals surface area contributed by atoms with E-state index in [1.807, 2.05) is 6.92 Å². The molecule has 2 aliphatic heterocycles. The third kappa shape index (κ3) is 3.75. The molecule has 2 N–H and O–H groups in total. The van der Waals surface area contributed by atoms with Gasteiger partial charge in [-0.3, -0.25) is 9.62 Å². The summed E-state index contributed by atoms with van der Waals surface area (Å²) in [6, 6.07) is 3.43. The van der Waals surface area contributed by atoms with Gasteiger partial charge in [-0.1, -0.05) is 18.5 Å². The number of halogens is 1. The van der Waals surface area contributed by atoms with Gasteiger partial charge in [0.1, 0.15) is 4.90 Å². The molecule has 0 spiro atoms. The molecule has 3 heterocycles. The Labute approximate surface area is 175 Å². The second-order valence-corrected chi connectivity index (χ2v) is 10.5. The Morgan fingerprint density at radius 1 is 1.29 bits per heavy atom. The number of sulfonamides is 1. The molecule has 2 aliphatic rings. The SMILES string of the molecule is CCc1cc(S(=O)(=O)Nc2nccs2)c(Cl)cc1NCC12CCCN1CCC2. The van der Waals surface area contributed by atoms with E-state index in [1.165, 1.54) is 50.1 Å². The number of aryl methyl sites for hydroxylation is 1. The minimum absolute atomic E-state index is 0.0910. The van der Waals surface area contributed by atoms with Crippen molar-refractivity contribution in [2.75, 3.05) is 29.7 Å². The number of hydrogen-bond donors (Lipinski definition) is 2. The molecule has 1 aromatic heterocycles. The van der Waals surface area contributed by atoms with E-state index in [1.54, 1.807) is 23.7 Å². The molecule has 0 unspecified atom stereocenters. The van der Waals surface area contributed by atoms with Crippen LogP contribution in [0.15, 0.2) is 28.6 Å². The highest BCUT2D eigenvalue weighted by molar-refractivity contribution is 7.93. The quantitative estimate of drug-likeness (QED) is 0.674. The van der Waals surface area contributed by atoms with Crippen molar-refractivity contribution in [3.8, 4) is 0 Å². The zero-order valence-corrected chi connectivity index (χ0v) is 18.3. The number of rotatable bonds is 7. The smallest absolute Gasteiger partial charge is 0.265 e. The van der Waals surface area contributed by atoms with Gasteiger partial charge in [-0.25, -0.2) is 13.4 Å². The van der Waals surface area contributed by atoms with Gasteiger partial charge in [-0.2, -0.15) is 0 Å². The van der Waals surface area contributed by atoms with Gasteiger partial charge in [0.05, 0.1) is 5.02 Å². The molecule has 2 saturated heterocycles. The molecule has 0 saturated carbocycles. The second-order valence-electron chi connectivity index (χ2n) is 7.51. The standard InChI is InChI=1S/C19H25ClN4O2S2/c1-2-14-11-17(28(25,26)23-18-21-7-10-27-18)15(20)12-16(14)22-13-19-5-3-8-24(19)9-4-6-19/h7,10-12,22H,2-6,8-9,13H2,1H3,(H,21,23). The van der Waals surface area contributed by atoms with Gasteiger partial charge in [0.15, 0.2) is 5.13 Å². The zero-order valence-electron chi connectivity index (χ0n) is 15.9. The maximum absolute atomic E-state index is 12.8. The molecule has 28 heavy (non-hydrogen) atoms. The lowest BCUT2D eigenvalue weighted by molar-refractivity contribution is 0.209. The molecule has 0 amide bonds. The van der Waals surface area contributed by atoms with Crippen molar-refractivity contribution in [3.05, 3.63) is 34.3 Å². The molecular weight excluding hydrogens is 416 g/mol. The topological polar surface area (TPSA) is 74.3 Å². The maximum Gasteiger partial charge on any atom is 0.265 e. The van der Waals surface area contributed by atoms with Crippen LogP contribution in [0.5, 0.6) is 0 Å². The summed E-state index contributed by atoms with van der Waals surface area (Å²) in [5.41, 5.74) is 2.12. The van der Waals surface area contributed by atoms with Gasteiger partial charge < -0.3 is 5.32 Å². The van der Waals surface area contributed by atoms with E-state index in [9.17, 15) is 8.42 Å². The third-order valence-corrected chi connectivity index (χ3v) is 8.52. The lowest BCUT2D eigenvalue weighted by Gasteiger charge is -2.33. The van der Waals surface area contributed by atoms with Crippen LogP contribution in [0.2, 0.25) is 5.02 Å². The monoisotopic (exact) mass is 440 g/mol. The summed E-state index contributed by atoms with van der Waals surface area (Å²) < 4.78 is 28.0. The van der Waals surface area contributed by atoms with E-state index in [2.05, 4.69) is 19.9 Å². The Morgan fingerprint density at radius 3 is 2.68 bits per heavy atom. The molecule has 0 atom stereocenters. The van der Waals surface area contributed by atoms with Gasteiger partial charge in [0.2, 0.25) is 0 Å². The van der Waals surface area contributed by atoms with Crippen molar-refractivity contribution in [2.45, 2.75) is 49.5 Å². The molecule has 152 valence electrons. The first kappa shape index (κ1) is 19.9. The van der Waals surface area contributed by atoms with Crippen LogP contribution in [0.3, 0.4) is 0 Å². The third-order valence-electron chi connectivity index (χ3n) is 5.90. The number of benzene rings is 1. The number of hydrogen-bond acceptors (Lipinski definition) is 6. The first-order chi connectivity index (χ1) is 13.4. The lowest BCUT2D eigenvalue weighted by atomic mass is 9.94. The Kier molecular flexibility index (Phi) is 5.57. The minimum atomic E-state index is -3.78. The van der Waals surface area contributed by atoms with Crippen molar-refractivity contribution in [3.63, 3.8) is 0 Å².